The lowest BCUT2D eigenvalue weighted by atomic mass is 10.1. The quantitative estimate of drug-likeness (QED) is 0.826. The second kappa shape index (κ2) is 4.51. The predicted octanol–water partition coefficient (Wildman–Crippen LogP) is 2.67. The fourth-order valence-electron chi connectivity index (χ4n) is 2.17. The molecule has 1 atom stereocenters. The number of nitrogens with zero attached hydrogens (tertiary/aromatic N) is 1. The van der Waals surface area contributed by atoms with Crippen molar-refractivity contribution < 1.29 is 4.42 Å². The summed E-state index contributed by atoms with van der Waals surface area (Å²) in [5, 5.41) is 7.90. The maximum absolute atomic E-state index is 7.90. The third kappa shape index (κ3) is 2.41. The van der Waals surface area contributed by atoms with Gasteiger partial charge in [0.15, 0.2) is 0 Å². The van der Waals surface area contributed by atoms with E-state index in [-0.39, 0.29) is 0 Å². The lowest BCUT2D eigenvalue weighted by Gasteiger charge is -2.34. The number of nitrogens with one attached hydrogen (secondary N) is 1. The summed E-state index contributed by atoms with van der Waals surface area (Å²) in [6.45, 7) is 3.20. The van der Waals surface area contributed by atoms with Crippen molar-refractivity contribution in [1.82, 2.24) is 4.90 Å². The summed E-state index contributed by atoms with van der Waals surface area (Å²) in [6, 6.07) is 4.30. The Kier molecular flexibility index (Phi) is 3.09. The van der Waals surface area contributed by atoms with Crippen LogP contribution in [-0.2, 0) is 6.42 Å². The monoisotopic (exact) mass is 206 g/mol. The van der Waals surface area contributed by atoms with Gasteiger partial charge in [-0.05, 0) is 31.9 Å². The van der Waals surface area contributed by atoms with E-state index >= 15 is 0 Å². The van der Waals surface area contributed by atoms with Crippen molar-refractivity contribution in [2.75, 3.05) is 6.54 Å². The summed E-state index contributed by atoms with van der Waals surface area (Å²) in [4.78, 5) is 2.20. The molecule has 2 heterocycles. The molecule has 15 heavy (non-hydrogen) atoms. The van der Waals surface area contributed by atoms with E-state index in [1.807, 2.05) is 12.1 Å². The summed E-state index contributed by atoms with van der Waals surface area (Å²) in [6.07, 6.45) is 5.93. The first-order valence-corrected chi connectivity index (χ1v) is 5.64. The van der Waals surface area contributed by atoms with Crippen LogP contribution in [0.5, 0.6) is 0 Å². The van der Waals surface area contributed by atoms with Gasteiger partial charge in [-0.25, -0.2) is 0 Å². The Labute approximate surface area is 90.6 Å². The number of amidine groups is 1. The minimum absolute atomic E-state index is 0.379. The molecule has 0 aromatic carbocycles. The van der Waals surface area contributed by atoms with Gasteiger partial charge >= 0.3 is 0 Å². The molecule has 1 unspecified atom stereocenters. The number of hydrogen-bond donors (Lipinski definition) is 1. The highest BCUT2D eigenvalue weighted by atomic mass is 16.3. The van der Waals surface area contributed by atoms with Gasteiger partial charge in [0.25, 0.3) is 0 Å². The summed E-state index contributed by atoms with van der Waals surface area (Å²) in [5.74, 6) is 1.81. The third-order valence-corrected chi connectivity index (χ3v) is 3.02. The van der Waals surface area contributed by atoms with E-state index in [2.05, 4.69) is 11.8 Å². The van der Waals surface area contributed by atoms with E-state index in [0.29, 0.717) is 6.04 Å². The molecule has 1 aliphatic rings. The van der Waals surface area contributed by atoms with Crippen molar-refractivity contribution in [1.29, 1.82) is 5.41 Å². The van der Waals surface area contributed by atoms with Crippen molar-refractivity contribution in [2.45, 2.75) is 38.6 Å². The van der Waals surface area contributed by atoms with E-state index in [1.54, 1.807) is 6.26 Å². The van der Waals surface area contributed by atoms with Crippen molar-refractivity contribution in [3.63, 3.8) is 0 Å². The summed E-state index contributed by atoms with van der Waals surface area (Å²) < 4.78 is 5.33. The van der Waals surface area contributed by atoms with Crippen molar-refractivity contribution in [2.24, 2.45) is 0 Å². The molecule has 1 saturated heterocycles. The average Bonchev–Trinajstić information content (AvgIpc) is 2.71. The Bertz CT molecular complexity index is 318. The fourth-order valence-corrected chi connectivity index (χ4v) is 2.17. The van der Waals surface area contributed by atoms with Gasteiger partial charge in [0, 0.05) is 25.4 Å². The van der Waals surface area contributed by atoms with Crippen molar-refractivity contribution in [3.8, 4) is 0 Å². The molecule has 3 nitrogen and oxygen atoms in total. The molecule has 1 N–H and O–H groups in total. The second-order valence-electron chi connectivity index (χ2n) is 4.23. The maximum atomic E-state index is 7.90. The van der Waals surface area contributed by atoms with Gasteiger partial charge in [-0.2, -0.15) is 0 Å². The Morgan fingerprint density at radius 2 is 2.40 bits per heavy atom. The van der Waals surface area contributed by atoms with Crippen LogP contribution in [0.15, 0.2) is 22.8 Å². The number of furan rings is 1. The second-order valence-corrected chi connectivity index (χ2v) is 4.23. The van der Waals surface area contributed by atoms with Gasteiger partial charge in [0.2, 0.25) is 0 Å². The van der Waals surface area contributed by atoms with Gasteiger partial charge in [-0.3, -0.25) is 5.41 Å². The van der Waals surface area contributed by atoms with Gasteiger partial charge in [-0.15, -0.1) is 0 Å². The maximum Gasteiger partial charge on any atom is 0.105 e. The molecule has 1 aromatic rings. The van der Waals surface area contributed by atoms with E-state index in [1.165, 1.54) is 12.8 Å². The van der Waals surface area contributed by atoms with Crippen LogP contribution in [0.3, 0.4) is 0 Å². The van der Waals surface area contributed by atoms with Gasteiger partial charge in [0.05, 0.1) is 12.1 Å². The first-order valence-electron chi connectivity index (χ1n) is 5.64. The zero-order valence-electron chi connectivity index (χ0n) is 9.20. The van der Waals surface area contributed by atoms with Gasteiger partial charge in [0.1, 0.15) is 5.76 Å². The minimum Gasteiger partial charge on any atom is -0.469 e. The fraction of sp³-hybridized carbons (Fsp3) is 0.583. The molecule has 82 valence electrons. The van der Waals surface area contributed by atoms with Crippen LogP contribution in [-0.4, -0.2) is 23.3 Å². The first-order chi connectivity index (χ1) is 7.27. The molecule has 3 heteroatoms. The highest BCUT2D eigenvalue weighted by molar-refractivity contribution is 5.80. The molecule has 0 radical (unpaired) electrons. The van der Waals surface area contributed by atoms with Gasteiger partial charge < -0.3 is 9.32 Å². The van der Waals surface area contributed by atoms with Crippen LogP contribution in [0.1, 0.15) is 31.9 Å². The smallest absolute Gasteiger partial charge is 0.105 e. The van der Waals surface area contributed by atoms with E-state index in [0.717, 1.165) is 31.0 Å². The lowest BCUT2D eigenvalue weighted by molar-refractivity contribution is 0.282. The summed E-state index contributed by atoms with van der Waals surface area (Å²) in [5.41, 5.74) is 0. The van der Waals surface area contributed by atoms with Crippen LogP contribution in [0.25, 0.3) is 0 Å². The molecular weight excluding hydrogens is 188 g/mol. The average molecular weight is 206 g/mol. The molecule has 1 aliphatic heterocycles. The minimum atomic E-state index is 0.379. The molecule has 2 rings (SSSR count). The Morgan fingerprint density at radius 1 is 1.53 bits per heavy atom. The molecule has 0 bridgehead atoms. The van der Waals surface area contributed by atoms with Crippen molar-refractivity contribution >= 4 is 5.84 Å². The van der Waals surface area contributed by atoms with E-state index < -0.39 is 0 Å². The Morgan fingerprint density at radius 3 is 3.07 bits per heavy atom. The van der Waals surface area contributed by atoms with E-state index in [9.17, 15) is 0 Å². The first kappa shape index (κ1) is 10.3. The number of piperidine rings is 1. The molecule has 0 saturated carbocycles. The molecule has 0 spiro atoms. The number of rotatable bonds is 3. The zero-order valence-corrected chi connectivity index (χ0v) is 9.20. The van der Waals surface area contributed by atoms with Crippen LogP contribution in [0, 0.1) is 5.41 Å². The zero-order chi connectivity index (χ0) is 10.7. The molecule has 1 aromatic heterocycles. The van der Waals surface area contributed by atoms with Gasteiger partial charge in [-0.1, -0.05) is 0 Å². The number of likely N-dealkylation sites (tertiary alicyclic amines) is 1. The molecule has 1 fully saturated rings. The third-order valence-electron chi connectivity index (χ3n) is 3.02. The highest BCUT2D eigenvalue weighted by Crippen LogP contribution is 2.16. The highest BCUT2D eigenvalue weighted by Gasteiger charge is 2.20. The SMILES string of the molecule is CC(Cc1ccco1)N1CCCCC1=N. The predicted molar refractivity (Wildman–Crippen MR) is 60.2 cm³/mol. The van der Waals surface area contributed by atoms with Crippen LogP contribution in [0.4, 0.5) is 0 Å². The van der Waals surface area contributed by atoms with Crippen LogP contribution < -0.4 is 0 Å². The number of hydrogen-bond acceptors (Lipinski definition) is 2. The molecule has 0 amide bonds. The lowest BCUT2D eigenvalue weighted by Crippen LogP contribution is -2.42. The summed E-state index contributed by atoms with van der Waals surface area (Å²) in [7, 11) is 0. The normalized spacial score (nSPS) is 19.3. The Balaban J connectivity index is 1.94. The van der Waals surface area contributed by atoms with E-state index in [4.69, 9.17) is 9.83 Å². The van der Waals surface area contributed by atoms with Crippen LogP contribution >= 0.6 is 0 Å². The largest absolute Gasteiger partial charge is 0.469 e. The Hall–Kier alpha value is -1.25. The molecular formula is C12H18N2O. The standard InChI is InChI=1S/C12H18N2O/c1-10(9-11-5-4-8-15-11)14-7-3-2-6-12(14)13/h4-5,8,10,13H,2-3,6-7,9H2,1H3. The summed E-state index contributed by atoms with van der Waals surface area (Å²) >= 11 is 0. The topological polar surface area (TPSA) is 40.2 Å². The van der Waals surface area contributed by atoms with Crippen LogP contribution in [0.2, 0.25) is 0 Å². The molecule has 0 aliphatic carbocycles. The van der Waals surface area contributed by atoms with Crippen molar-refractivity contribution in [3.05, 3.63) is 24.2 Å².